The van der Waals surface area contributed by atoms with Crippen molar-refractivity contribution in [1.82, 2.24) is 29.6 Å². The molecule has 4 heterocycles. The van der Waals surface area contributed by atoms with Crippen LogP contribution < -0.4 is 0 Å². The molecule has 1 atom stereocenters. The van der Waals surface area contributed by atoms with E-state index < -0.39 is 0 Å². The van der Waals surface area contributed by atoms with Gasteiger partial charge in [0.1, 0.15) is 0 Å². The summed E-state index contributed by atoms with van der Waals surface area (Å²) in [5, 5.41) is 8.45. The summed E-state index contributed by atoms with van der Waals surface area (Å²) in [7, 11) is 0. The Morgan fingerprint density at radius 1 is 1.16 bits per heavy atom. The molecule has 0 N–H and O–H groups in total. The molecule has 0 saturated carbocycles. The van der Waals surface area contributed by atoms with Crippen molar-refractivity contribution in [1.29, 1.82) is 0 Å². The Bertz CT molecular complexity index is 1200. The summed E-state index contributed by atoms with van der Waals surface area (Å²) in [6.07, 6.45) is 5.84. The number of amides is 1. The molecule has 1 unspecified atom stereocenters. The normalized spacial score (nSPS) is 16.7. The fourth-order valence-electron chi connectivity index (χ4n) is 4.08. The van der Waals surface area contributed by atoms with E-state index in [1.165, 1.54) is 0 Å². The van der Waals surface area contributed by atoms with E-state index in [4.69, 9.17) is 4.42 Å². The monoisotopic (exact) mass is 416 g/mol. The number of hydrogen-bond donors (Lipinski definition) is 0. The predicted octanol–water partition coefficient (Wildman–Crippen LogP) is 3.59. The van der Waals surface area contributed by atoms with Gasteiger partial charge in [-0.1, -0.05) is 12.1 Å². The van der Waals surface area contributed by atoms with Crippen molar-refractivity contribution in [3.05, 3.63) is 60.5 Å². The van der Waals surface area contributed by atoms with Gasteiger partial charge in [0, 0.05) is 37.9 Å². The van der Waals surface area contributed by atoms with Crippen LogP contribution in [0.4, 0.5) is 0 Å². The third-order valence-corrected chi connectivity index (χ3v) is 5.82. The van der Waals surface area contributed by atoms with Gasteiger partial charge in [-0.3, -0.25) is 9.78 Å². The molecule has 0 radical (unpaired) electrons. The summed E-state index contributed by atoms with van der Waals surface area (Å²) < 4.78 is 7.97. The number of benzene rings is 1. The van der Waals surface area contributed by atoms with Crippen LogP contribution in [0.5, 0.6) is 0 Å². The Morgan fingerprint density at radius 2 is 2.06 bits per heavy atom. The Kier molecular flexibility index (Phi) is 5.19. The van der Waals surface area contributed by atoms with Crippen molar-refractivity contribution < 1.29 is 9.21 Å². The Morgan fingerprint density at radius 3 is 2.94 bits per heavy atom. The molecule has 8 heteroatoms. The number of nitrogens with zero attached hydrogens (tertiary/aromatic N) is 6. The first-order chi connectivity index (χ1) is 15.2. The molecule has 1 fully saturated rings. The van der Waals surface area contributed by atoms with Gasteiger partial charge in [0.25, 0.3) is 0 Å². The third kappa shape index (κ3) is 4.05. The summed E-state index contributed by atoms with van der Waals surface area (Å²) in [5.41, 5.74) is 3.74. The molecule has 0 spiro atoms. The van der Waals surface area contributed by atoms with E-state index in [0.29, 0.717) is 31.3 Å². The van der Waals surface area contributed by atoms with Gasteiger partial charge < -0.3 is 13.9 Å². The number of piperidine rings is 1. The second-order valence-electron chi connectivity index (χ2n) is 7.99. The van der Waals surface area contributed by atoms with Crippen LogP contribution >= 0.6 is 0 Å². The SMILES string of the molecule is Cc1ccc(-c2nnc(C3CCCN(C(=O)CCn4cnc5ccccc54)C3)o2)cn1. The van der Waals surface area contributed by atoms with Crippen LogP contribution in [0, 0.1) is 6.92 Å². The van der Waals surface area contributed by atoms with E-state index in [9.17, 15) is 4.79 Å². The van der Waals surface area contributed by atoms with Crippen molar-refractivity contribution in [2.75, 3.05) is 13.1 Å². The smallest absolute Gasteiger partial charge is 0.249 e. The van der Waals surface area contributed by atoms with E-state index in [1.54, 1.807) is 12.5 Å². The van der Waals surface area contributed by atoms with E-state index in [2.05, 4.69) is 20.2 Å². The number of fused-ring (bicyclic) bond motifs is 1. The second-order valence-corrected chi connectivity index (χ2v) is 7.99. The molecule has 0 bridgehead atoms. The lowest BCUT2D eigenvalue weighted by Gasteiger charge is -2.31. The van der Waals surface area contributed by atoms with Crippen molar-refractivity contribution in [2.24, 2.45) is 0 Å². The molecule has 1 amide bonds. The summed E-state index contributed by atoms with van der Waals surface area (Å²) >= 11 is 0. The highest BCUT2D eigenvalue weighted by atomic mass is 16.4. The first-order valence-electron chi connectivity index (χ1n) is 10.6. The number of aryl methyl sites for hydroxylation is 2. The van der Waals surface area contributed by atoms with Gasteiger partial charge in [-0.25, -0.2) is 4.98 Å². The topological polar surface area (TPSA) is 89.9 Å². The van der Waals surface area contributed by atoms with E-state index >= 15 is 0 Å². The maximum atomic E-state index is 12.9. The summed E-state index contributed by atoms with van der Waals surface area (Å²) in [4.78, 5) is 23.5. The molecule has 4 aromatic rings. The number of aromatic nitrogens is 5. The van der Waals surface area contributed by atoms with Gasteiger partial charge in [0.15, 0.2) is 0 Å². The van der Waals surface area contributed by atoms with Crippen molar-refractivity contribution in [3.63, 3.8) is 0 Å². The first kappa shape index (κ1) is 19.4. The molecule has 158 valence electrons. The molecular weight excluding hydrogens is 392 g/mol. The van der Waals surface area contributed by atoms with Crippen LogP contribution in [-0.4, -0.2) is 48.6 Å². The van der Waals surface area contributed by atoms with Crippen molar-refractivity contribution >= 4 is 16.9 Å². The van der Waals surface area contributed by atoms with E-state index in [1.807, 2.05) is 52.8 Å². The van der Waals surface area contributed by atoms with Gasteiger partial charge >= 0.3 is 0 Å². The number of imidazole rings is 1. The lowest BCUT2D eigenvalue weighted by molar-refractivity contribution is -0.132. The molecule has 1 aromatic carbocycles. The number of hydrogen-bond acceptors (Lipinski definition) is 6. The number of rotatable bonds is 5. The zero-order chi connectivity index (χ0) is 21.2. The van der Waals surface area contributed by atoms with Crippen molar-refractivity contribution in [2.45, 2.75) is 38.6 Å². The highest BCUT2D eigenvalue weighted by molar-refractivity contribution is 5.77. The number of carbonyl (C=O) groups is 1. The van der Waals surface area contributed by atoms with Crippen LogP contribution in [0.25, 0.3) is 22.5 Å². The Labute approximate surface area is 179 Å². The molecule has 31 heavy (non-hydrogen) atoms. The molecule has 3 aromatic heterocycles. The Balaban J connectivity index is 1.23. The second kappa shape index (κ2) is 8.29. The molecular formula is C23H24N6O2. The summed E-state index contributed by atoms with van der Waals surface area (Å²) in [6, 6.07) is 11.8. The average molecular weight is 416 g/mol. The maximum Gasteiger partial charge on any atom is 0.249 e. The molecule has 1 aliphatic rings. The zero-order valence-corrected chi connectivity index (χ0v) is 17.4. The maximum absolute atomic E-state index is 12.9. The van der Waals surface area contributed by atoms with E-state index in [-0.39, 0.29) is 11.8 Å². The number of pyridine rings is 1. The highest BCUT2D eigenvalue weighted by Crippen LogP contribution is 2.28. The van der Waals surface area contributed by atoms with E-state index in [0.717, 1.165) is 41.7 Å². The number of para-hydroxylation sites is 2. The van der Waals surface area contributed by atoms with Crippen LogP contribution in [0.1, 0.15) is 36.8 Å². The molecule has 8 nitrogen and oxygen atoms in total. The highest BCUT2D eigenvalue weighted by Gasteiger charge is 2.28. The van der Waals surface area contributed by atoms with Crippen LogP contribution in [0.3, 0.4) is 0 Å². The van der Waals surface area contributed by atoms with Crippen LogP contribution in [-0.2, 0) is 11.3 Å². The fraction of sp³-hybridized carbons (Fsp3) is 0.348. The molecule has 0 aliphatic carbocycles. The molecule has 5 rings (SSSR count). The summed E-state index contributed by atoms with van der Waals surface area (Å²) in [5.74, 6) is 1.27. The van der Waals surface area contributed by atoms with Crippen LogP contribution in [0.2, 0.25) is 0 Å². The third-order valence-electron chi connectivity index (χ3n) is 5.82. The van der Waals surface area contributed by atoms with Crippen molar-refractivity contribution in [3.8, 4) is 11.5 Å². The van der Waals surface area contributed by atoms with Gasteiger partial charge in [-0.15, -0.1) is 10.2 Å². The zero-order valence-electron chi connectivity index (χ0n) is 17.4. The van der Waals surface area contributed by atoms with Gasteiger partial charge in [0.2, 0.25) is 17.7 Å². The first-order valence-corrected chi connectivity index (χ1v) is 10.6. The standard InChI is InChI=1S/C23H24N6O2/c1-16-8-9-17(13-24-16)22-26-27-23(31-22)18-5-4-11-28(14-18)21(30)10-12-29-15-25-19-6-2-3-7-20(19)29/h2-3,6-9,13,15,18H,4-5,10-12,14H2,1H3. The fourth-order valence-corrected chi connectivity index (χ4v) is 4.08. The van der Waals surface area contributed by atoms with Gasteiger partial charge in [-0.05, 0) is 44.0 Å². The van der Waals surface area contributed by atoms with Gasteiger partial charge in [-0.2, -0.15) is 0 Å². The van der Waals surface area contributed by atoms with Crippen LogP contribution in [0.15, 0.2) is 53.3 Å². The molecule has 1 saturated heterocycles. The average Bonchev–Trinajstić information content (AvgIpc) is 3.46. The minimum absolute atomic E-state index is 0.0615. The Hall–Kier alpha value is -3.55. The number of likely N-dealkylation sites (tertiary alicyclic amines) is 1. The summed E-state index contributed by atoms with van der Waals surface area (Å²) in [6.45, 7) is 3.93. The minimum atomic E-state index is 0.0615. The van der Waals surface area contributed by atoms with Gasteiger partial charge in [0.05, 0.1) is 28.8 Å². The minimum Gasteiger partial charge on any atom is -0.420 e. The quantitative estimate of drug-likeness (QED) is 0.494. The lowest BCUT2D eigenvalue weighted by Crippen LogP contribution is -2.39. The molecule has 1 aliphatic heterocycles. The largest absolute Gasteiger partial charge is 0.420 e. The number of carbonyl (C=O) groups excluding carboxylic acids is 1. The lowest BCUT2D eigenvalue weighted by atomic mass is 9.98. The predicted molar refractivity (Wildman–Crippen MR) is 115 cm³/mol.